The van der Waals surface area contributed by atoms with Gasteiger partial charge in [0.25, 0.3) is 0 Å². The Hall–Kier alpha value is -1.45. The highest BCUT2D eigenvalue weighted by Gasteiger charge is 2.28. The lowest BCUT2D eigenvalue weighted by atomic mass is 10.2. The molecule has 0 heterocycles. The van der Waals surface area contributed by atoms with Gasteiger partial charge in [0.1, 0.15) is 5.75 Å². The lowest BCUT2D eigenvalue weighted by Gasteiger charge is -2.10. The second kappa shape index (κ2) is 4.17. The third-order valence-electron chi connectivity index (χ3n) is 1.47. The smallest absolute Gasteiger partial charge is 0.422 e. The maximum absolute atomic E-state index is 11.8. The Kier molecular flexibility index (Phi) is 3.17. The van der Waals surface area contributed by atoms with Gasteiger partial charge in [-0.2, -0.15) is 13.2 Å². The van der Waals surface area contributed by atoms with Crippen molar-refractivity contribution in [3.8, 4) is 5.75 Å². The molecule has 0 amide bonds. The van der Waals surface area contributed by atoms with Crippen LogP contribution in [-0.4, -0.2) is 12.8 Å². The Morgan fingerprint density at radius 2 is 2.21 bits per heavy atom. The second-order valence-corrected chi connectivity index (χ2v) is 2.57. The first-order valence-corrected chi connectivity index (χ1v) is 3.85. The van der Waals surface area contributed by atoms with E-state index in [1.807, 2.05) is 0 Å². The van der Waals surface area contributed by atoms with Crippen LogP contribution in [0.25, 0.3) is 6.08 Å². The Labute approximate surface area is 79.8 Å². The summed E-state index contributed by atoms with van der Waals surface area (Å²) in [6.45, 7) is 2.16. The zero-order chi connectivity index (χ0) is 10.6. The van der Waals surface area contributed by atoms with Gasteiger partial charge in [0.05, 0.1) is 0 Å². The molecule has 0 unspecified atom stereocenters. The van der Waals surface area contributed by atoms with Crippen LogP contribution in [0.1, 0.15) is 5.56 Å². The summed E-state index contributed by atoms with van der Waals surface area (Å²) in [6, 6.07) is 7.13. The molecule has 0 aliphatic heterocycles. The normalized spacial score (nSPS) is 11.1. The Morgan fingerprint density at radius 3 is 2.79 bits per heavy atom. The highest BCUT2D eigenvalue weighted by Crippen LogP contribution is 2.22. The topological polar surface area (TPSA) is 9.23 Å². The molecule has 0 saturated heterocycles. The van der Waals surface area contributed by atoms with Gasteiger partial charge >= 0.3 is 6.18 Å². The first-order valence-electron chi connectivity index (χ1n) is 3.85. The second-order valence-electron chi connectivity index (χ2n) is 2.57. The molecule has 0 fully saturated rings. The SMILES string of the molecule is C=Cc1c[c]ccc1OCC(F)(F)F. The summed E-state index contributed by atoms with van der Waals surface area (Å²) in [5.41, 5.74) is 0.497. The first-order chi connectivity index (χ1) is 6.53. The number of halogens is 3. The lowest BCUT2D eigenvalue weighted by molar-refractivity contribution is -0.153. The molecule has 1 rings (SSSR count). The quantitative estimate of drug-likeness (QED) is 0.730. The Bertz CT molecular complexity index is 317. The van der Waals surface area contributed by atoms with Gasteiger partial charge in [-0.25, -0.2) is 0 Å². The van der Waals surface area contributed by atoms with Crippen LogP contribution in [0.5, 0.6) is 5.75 Å². The van der Waals surface area contributed by atoms with E-state index in [-0.39, 0.29) is 5.75 Å². The van der Waals surface area contributed by atoms with Crippen molar-refractivity contribution in [1.82, 2.24) is 0 Å². The molecule has 1 radical (unpaired) electrons. The highest BCUT2D eigenvalue weighted by molar-refractivity contribution is 5.55. The monoisotopic (exact) mass is 201 g/mol. The molecule has 0 N–H and O–H groups in total. The van der Waals surface area contributed by atoms with Gasteiger partial charge in [0, 0.05) is 5.56 Å². The van der Waals surface area contributed by atoms with E-state index in [4.69, 9.17) is 0 Å². The summed E-state index contributed by atoms with van der Waals surface area (Å²) < 4.78 is 40.0. The van der Waals surface area contributed by atoms with Crippen LogP contribution in [0.3, 0.4) is 0 Å². The zero-order valence-corrected chi connectivity index (χ0v) is 7.27. The van der Waals surface area contributed by atoms with Crippen molar-refractivity contribution >= 4 is 6.08 Å². The number of ether oxygens (including phenoxy) is 1. The average molecular weight is 201 g/mol. The van der Waals surface area contributed by atoms with Gasteiger partial charge < -0.3 is 4.74 Å². The van der Waals surface area contributed by atoms with Crippen LogP contribution in [0, 0.1) is 6.07 Å². The minimum atomic E-state index is -4.32. The minimum Gasteiger partial charge on any atom is -0.484 e. The van der Waals surface area contributed by atoms with Crippen LogP contribution in [0.4, 0.5) is 13.2 Å². The molecule has 0 aromatic heterocycles. The summed E-state index contributed by atoms with van der Waals surface area (Å²) >= 11 is 0. The maximum Gasteiger partial charge on any atom is 0.422 e. The summed E-state index contributed by atoms with van der Waals surface area (Å²) in [7, 11) is 0. The third-order valence-corrected chi connectivity index (χ3v) is 1.47. The van der Waals surface area contributed by atoms with Crippen LogP contribution in [0.2, 0.25) is 0 Å². The summed E-state index contributed by atoms with van der Waals surface area (Å²) in [5, 5.41) is 0. The molecule has 75 valence electrons. The molecule has 14 heavy (non-hydrogen) atoms. The van der Waals surface area contributed by atoms with Crippen molar-refractivity contribution in [2.75, 3.05) is 6.61 Å². The molecule has 1 aromatic carbocycles. The summed E-state index contributed by atoms with van der Waals surface area (Å²) in [6.07, 6.45) is -2.90. The molecule has 0 atom stereocenters. The van der Waals surface area contributed by atoms with E-state index in [0.717, 1.165) is 0 Å². The molecule has 1 nitrogen and oxygen atoms in total. The Balaban J connectivity index is 2.71. The molecule has 0 saturated carbocycles. The van der Waals surface area contributed by atoms with Crippen LogP contribution >= 0.6 is 0 Å². The van der Waals surface area contributed by atoms with Crippen molar-refractivity contribution in [2.45, 2.75) is 6.18 Å². The fourth-order valence-corrected chi connectivity index (χ4v) is 0.880. The van der Waals surface area contributed by atoms with E-state index >= 15 is 0 Å². The van der Waals surface area contributed by atoms with Gasteiger partial charge in [0.2, 0.25) is 0 Å². The summed E-state index contributed by atoms with van der Waals surface area (Å²) in [4.78, 5) is 0. The van der Waals surface area contributed by atoms with Crippen LogP contribution in [-0.2, 0) is 0 Å². The first kappa shape index (κ1) is 10.6. The minimum absolute atomic E-state index is 0.163. The van der Waals surface area contributed by atoms with Gasteiger partial charge in [-0.3, -0.25) is 0 Å². The van der Waals surface area contributed by atoms with Crippen molar-refractivity contribution in [1.29, 1.82) is 0 Å². The fraction of sp³-hybridized carbons (Fsp3) is 0.200. The van der Waals surface area contributed by atoms with Crippen molar-refractivity contribution < 1.29 is 17.9 Å². The molecule has 0 bridgehead atoms. The van der Waals surface area contributed by atoms with Gasteiger partial charge in [-0.15, -0.1) is 0 Å². The predicted molar refractivity (Wildman–Crippen MR) is 46.9 cm³/mol. The van der Waals surface area contributed by atoms with E-state index in [1.54, 1.807) is 0 Å². The van der Waals surface area contributed by atoms with Crippen molar-refractivity contribution in [3.63, 3.8) is 0 Å². The number of hydrogen-bond donors (Lipinski definition) is 0. The molecule has 4 heteroatoms. The maximum atomic E-state index is 11.8. The van der Waals surface area contributed by atoms with Gasteiger partial charge in [-0.05, 0) is 18.2 Å². The molecule has 0 aliphatic carbocycles. The number of benzene rings is 1. The third kappa shape index (κ3) is 3.12. The summed E-state index contributed by atoms with van der Waals surface area (Å²) in [5.74, 6) is 0.163. The predicted octanol–water partition coefficient (Wildman–Crippen LogP) is 3.07. The van der Waals surface area contributed by atoms with E-state index in [0.29, 0.717) is 5.56 Å². The molecule has 1 aromatic rings. The molecule has 0 spiro atoms. The van der Waals surface area contributed by atoms with Crippen molar-refractivity contribution in [3.05, 3.63) is 36.4 Å². The lowest BCUT2D eigenvalue weighted by Crippen LogP contribution is -2.19. The highest BCUT2D eigenvalue weighted by atomic mass is 19.4. The number of alkyl halides is 3. The zero-order valence-electron chi connectivity index (χ0n) is 7.27. The number of hydrogen-bond acceptors (Lipinski definition) is 1. The van der Waals surface area contributed by atoms with Crippen LogP contribution < -0.4 is 4.74 Å². The van der Waals surface area contributed by atoms with Crippen LogP contribution in [0.15, 0.2) is 24.8 Å². The molecular weight excluding hydrogens is 193 g/mol. The van der Waals surface area contributed by atoms with Crippen molar-refractivity contribution in [2.24, 2.45) is 0 Å². The number of rotatable bonds is 3. The van der Waals surface area contributed by atoms with E-state index in [2.05, 4.69) is 17.4 Å². The van der Waals surface area contributed by atoms with E-state index in [1.165, 1.54) is 24.3 Å². The fourth-order valence-electron chi connectivity index (χ4n) is 0.880. The van der Waals surface area contributed by atoms with E-state index < -0.39 is 12.8 Å². The Morgan fingerprint density at radius 1 is 1.50 bits per heavy atom. The molecule has 0 aliphatic rings. The van der Waals surface area contributed by atoms with Gasteiger partial charge in [-0.1, -0.05) is 18.7 Å². The van der Waals surface area contributed by atoms with Gasteiger partial charge in [0.15, 0.2) is 6.61 Å². The largest absolute Gasteiger partial charge is 0.484 e. The standard InChI is InChI=1S/C10H8F3O/c1-2-8-5-3-4-6-9(8)14-7-10(11,12)13/h2,4-6H,1,7H2. The average Bonchev–Trinajstić information content (AvgIpc) is 2.14. The molecular formula is C10H8F3O. The van der Waals surface area contributed by atoms with E-state index in [9.17, 15) is 13.2 Å².